The number of piperazine rings is 1. The molecule has 0 spiro atoms. The lowest BCUT2D eigenvalue weighted by molar-refractivity contribution is -0.274. The summed E-state index contributed by atoms with van der Waals surface area (Å²) in [6, 6.07) is 8.00. The highest BCUT2D eigenvalue weighted by molar-refractivity contribution is 5.39. The van der Waals surface area contributed by atoms with Crippen molar-refractivity contribution in [2.24, 2.45) is 0 Å². The maximum atomic E-state index is 12.2. The van der Waals surface area contributed by atoms with E-state index < -0.39 is 6.36 Å². The second-order valence-corrected chi connectivity index (χ2v) is 5.97. The van der Waals surface area contributed by atoms with Crippen molar-refractivity contribution >= 4 is 5.82 Å². The van der Waals surface area contributed by atoms with Crippen molar-refractivity contribution in [2.45, 2.75) is 19.8 Å². The van der Waals surface area contributed by atoms with E-state index in [9.17, 15) is 13.2 Å². The number of alkyl halides is 3. The average molecular weight is 352 g/mol. The van der Waals surface area contributed by atoms with Gasteiger partial charge in [-0.15, -0.1) is 13.2 Å². The summed E-state index contributed by atoms with van der Waals surface area (Å²) in [5, 5.41) is 0. The molecule has 25 heavy (non-hydrogen) atoms. The van der Waals surface area contributed by atoms with Gasteiger partial charge in [0.2, 0.25) is 0 Å². The number of nitrogens with zero attached hydrogens (tertiary/aromatic N) is 4. The van der Waals surface area contributed by atoms with Crippen molar-refractivity contribution in [3.05, 3.63) is 47.9 Å². The van der Waals surface area contributed by atoms with Crippen LogP contribution in [0.3, 0.4) is 0 Å². The quantitative estimate of drug-likeness (QED) is 0.846. The zero-order chi connectivity index (χ0) is 17.9. The molecule has 1 saturated heterocycles. The monoisotopic (exact) mass is 352 g/mol. The third-order valence-electron chi connectivity index (χ3n) is 4.05. The maximum absolute atomic E-state index is 12.2. The van der Waals surface area contributed by atoms with Crippen molar-refractivity contribution in [2.75, 3.05) is 31.1 Å². The van der Waals surface area contributed by atoms with Gasteiger partial charge in [0.05, 0.1) is 0 Å². The summed E-state index contributed by atoms with van der Waals surface area (Å²) in [5.74, 6) is 0.737. The molecule has 3 rings (SSSR count). The lowest BCUT2D eigenvalue weighted by atomic mass is 10.2. The van der Waals surface area contributed by atoms with Gasteiger partial charge in [-0.2, -0.15) is 0 Å². The third kappa shape index (κ3) is 5.06. The number of hydrogen-bond donors (Lipinski definition) is 0. The summed E-state index contributed by atoms with van der Waals surface area (Å²) in [6.07, 6.45) is -3.08. The van der Waals surface area contributed by atoms with Crippen LogP contribution in [0.25, 0.3) is 0 Å². The largest absolute Gasteiger partial charge is 0.573 e. The van der Waals surface area contributed by atoms with E-state index >= 15 is 0 Å². The molecular formula is C17H19F3N4O. The minimum absolute atomic E-state index is 0.194. The second-order valence-electron chi connectivity index (χ2n) is 5.97. The minimum Gasteiger partial charge on any atom is -0.406 e. The number of benzene rings is 1. The van der Waals surface area contributed by atoms with Gasteiger partial charge in [-0.05, 0) is 24.6 Å². The normalized spacial score (nSPS) is 16.1. The first-order chi connectivity index (χ1) is 11.9. The smallest absolute Gasteiger partial charge is 0.406 e. The topological polar surface area (TPSA) is 41.5 Å². The zero-order valence-electron chi connectivity index (χ0n) is 13.8. The minimum atomic E-state index is -4.66. The average Bonchev–Trinajstić information content (AvgIpc) is 2.56. The van der Waals surface area contributed by atoms with Gasteiger partial charge in [0.15, 0.2) is 0 Å². The highest BCUT2D eigenvalue weighted by atomic mass is 19.4. The predicted molar refractivity (Wildman–Crippen MR) is 87.4 cm³/mol. The molecule has 2 heterocycles. The summed E-state index contributed by atoms with van der Waals surface area (Å²) in [5.41, 5.74) is 1.90. The van der Waals surface area contributed by atoms with E-state index in [-0.39, 0.29) is 5.75 Å². The Bertz CT molecular complexity index is 698. The number of aryl methyl sites for hydroxylation is 1. The second kappa shape index (κ2) is 7.26. The number of ether oxygens (including phenoxy) is 1. The molecule has 1 aliphatic heterocycles. The number of halogens is 3. The molecule has 5 nitrogen and oxygen atoms in total. The van der Waals surface area contributed by atoms with Gasteiger partial charge >= 0.3 is 6.36 Å². The lowest BCUT2D eigenvalue weighted by Crippen LogP contribution is -2.46. The fraction of sp³-hybridized carbons (Fsp3) is 0.412. The predicted octanol–water partition coefficient (Wildman–Crippen LogP) is 3.01. The van der Waals surface area contributed by atoms with Crippen molar-refractivity contribution < 1.29 is 17.9 Å². The summed E-state index contributed by atoms with van der Waals surface area (Å²) >= 11 is 0. The number of rotatable bonds is 4. The molecule has 8 heteroatoms. The van der Waals surface area contributed by atoms with Crippen molar-refractivity contribution in [3.63, 3.8) is 0 Å². The molecule has 1 fully saturated rings. The van der Waals surface area contributed by atoms with Gasteiger partial charge in [-0.25, -0.2) is 9.97 Å². The van der Waals surface area contributed by atoms with Crippen LogP contribution in [-0.4, -0.2) is 47.4 Å². The molecule has 0 unspecified atom stereocenters. The fourth-order valence-electron chi connectivity index (χ4n) is 2.80. The zero-order valence-corrected chi connectivity index (χ0v) is 13.8. The summed E-state index contributed by atoms with van der Waals surface area (Å²) in [6.45, 7) is 6.07. The Morgan fingerprint density at radius 3 is 2.32 bits per heavy atom. The molecule has 0 amide bonds. The van der Waals surface area contributed by atoms with E-state index in [1.54, 1.807) is 18.5 Å². The Morgan fingerprint density at radius 2 is 1.72 bits per heavy atom. The first-order valence-electron chi connectivity index (χ1n) is 8.00. The van der Waals surface area contributed by atoms with Crippen LogP contribution in [0.15, 0.2) is 36.7 Å². The Hall–Kier alpha value is -2.35. The Labute approximate surface area is 144 Å². The van der Waals surface area contributed by atoms with Crippen LogP contribution < -0.4 is 9.64 Å². The van der Waals surface area contributed by atoms with Crippen LogP contribution in [0.5, 0.6) is 5.75 Å². The Balaban J connectivity index is 1.52. The van der Waals surface area contributed by atoms with Crippen LogP contribution in [0.2, 0.25) is 0 Å². The maximum Gasteiger partial charge on any atom is 0.573 e. The molecule has 134 valence electrons. The van der Waals surface area contributed by atoms with Crippen molar-refractivity contribution in [1.29, 1.82) is 0 Å². The Kier molecular flexibility index (Phi) is 5.08. The van der Waals surface area contributed by atoms with Gasteiger partial charge in [-0.3, -0.25) is 4.90 Å². The summed E-state index contributed by atoms with van der Waals surface area (Å²) < 4.78 is 40.4. The van der Waals surface area contributed by atoms with Gasteiger partial charge in [0, 0.05) is 44.5 Å². The fourth-order valence-corrected chi connectivity index (χ4v) is 2.80. The van der Waals surface area contributed by atoms with E-state index in [0.29, 0.717) is 6.54 Å². The summed E-state index contributed by atoms with van der Waals surface area (Å²) in [7, 11) is 0. The van der Waals surface area contributed by atoms with Gasteiger partial charge in [-0.1, -0.05) is 12.1 Å². The highest BCUT2D eigenvalue weighted by Gasteiger charge is 2.31. The first kappa shape index (κ1) is 17.5. The molecule has 1 aromatic carbocycles. The molecule has 2 aromatic rings. The standard InChI is InChI=1S/C17H19F3N4O/c1-13-10-16(22-12-21-13)24-8-6-23(7-9-24)11-14-2-4-15(5-3-14)25-17(18,19)20/h2-5,10,12H,6-9,11H2,1H3. The van der Waals surface area contributed by atoms with Crippen molar-refractivity contribution in [3.8, 4) is 5.75 Å². The van der Waals surface area contributed by atoms with Crippen molar-refractivity contribution in [1.82, 2.24) is 14.9 Å². The molecule has 0 saturated carbocycles. The molecular weight excluding hydrogens is 333 g/mol. The van der Waals surface area contributed by atoms with E-state index in [1.807, 2.05) is 13.0 Å². The first-order valence-corrected chi connectivity index (χ1v) is 8.00. The SMILES string of the molecule is Cc1cc(N2CCN(Cc3ccc(OC(F)(F)F)cc3)CC2)ncn1. The van der Waals surface area contributed by atoms with E-state index in [4.69, 9.17) is 0 Å². The molecule has 0 radical (unpaired) electrons. The molecule has 1 aliphatic rings. The number of hydrogen-bond acceptors (Lipinski definition) is 5. The van der Waals surface area contributed by atoms with Gasteiger partial charge in [0.25, 0.3) is 0 Å². The third-order valence-corrected chi connectivity index (χ3v) is 4.05. The van der Waals surface area contributed by atoms with Gasteiger partial charge < -0.3 is 9.64 Å². The van der Waals surface area contributed by atoms with Crippen LogP contribution in [0, 0.1) is 6.92 Å². The Morgan fingerprint density at radius 1 is 1.04 bits per heavy atom. The van der Waals surface area contributed by atoms with Crippen LogP contribution in [0.4, 0.5) is 19.0 Å². The molecule has 0 atom stereocenters. The lowest BCUT2D eigenvalue weighted by Gasteiger charge is -2.35. The molecule has 0 N–H and O–H groups in total. The van der Waals surface area contributed by atoms with Crippen LogP contribution in [0.1, 0.15) is 11.3 Å². The van der Waals surface area contributed by atoms with E-state index in [0.717, 1.165) is 43.3 Å². The van der Waals surface area contributed by atoms with E-state index in [2.05, 4.69) is 24.5 Å². The summed E-state index contributed by atoms with van der Waals surface area (Å²) in [4.78, 5) is 12.9. The molecule has 1 aromatic heterocycles. The number of aromatic nitrogens is 2. The number of anilines is 1. The van der Waals surface area contributed by atoms with Crippen LogP contribution >= 0.6 is 0 Å². The molecule has 0 aliphatic carbocycles. The van der Waals surface area contributed by atoms with Gasteiger partial charge in [0.1, 0.15) is 17.9 Å². The van der Waals surface area contributed by atoms with Crippen LogP contribution in [-0.2, 0) is 6.54 Å². The van der Waals surface area contributed by atoms with E-state index in [1.165, 1.54) is 12.1 Å². The highest BCUT2D eigenvalue weighted by Crippen LogP contribution is 2.23. The molecule has 0 bridgehead atoms.